The van der Waals surface area contributed by atoms with Crippen molar-refractivity contribution in [3.05, 3.63) is 65.9 Å². The van der Waals surface area contributed by atoms with E-state index >= 15 is 0 Å². The molecule has 0 aliphatic carbocycles. The third kappa shape index (κ3) is 6.16. The fourth-order valence-electron chi connectivity index (χ4n) is 2.58. The van der Waals surface area contributed by atoms with Crippen LogP contribution in [0.25, 0.3) is 10.9 Å². The van der Waals surface area contributed by atoms with Crippen LogP contribution in [0.3, 0.4) is 0 Å². The van der Waals surface area contributed by atoms with Gasteiger partial charge in [0, 0.05) is 23.6 Å². The first-order chi connectivity index (χ1) is 13.0. The molecule has 3 aromatic rings. The summed E-state index contributed by atoms with van der Waals surface area (Å²) in [5, 5.41) is 19.6. The third-order valence-corrected chi connectivity index (χ3v) is 3.89. The van der Waals surface area contributed by atoms with Crippen molar-refractivity contribution in [1.29, 1.82) is 0 Å². The summed E-state index contributed by atoms with van der Waals surface area (Å²) in [6.45, 7) is 1.82. The van der Waals surface area contributed by atoms with E-state index in [0.29, 0.717) is 0 Å². The Hall–Kier alpha value is -3.32. The zero-order chi connectivity index (χ0) is 19.6. The van der Waals surface area contributed by atoms with Crippen LogP contribution in [0, 0.1) is 0 Å². The number of H-pyrrole nitrogens is 1. The number of hydrogen-bond donors (Lipinski definition) is 4. The number of nitrogens with one attached hydrogen (secondary N) is 2. The van der Waals surface area contributed by atoms with Gasteiger partial charge in [-0.2, -0.15) is 0 Å². The number of ether oxygens (including phenoxy) is 1. The molecule has 4 N–H and O–H groups in total. The van der Waals surface area contributed by atoms with Gasteiger partial charge in [-0.05, 0) is 42.3 Å². The number of aliphatic carboxylic acids is 2. The van der Waals surface area contributed by atoms with Crippen molar-refractivity contribution in [1.82, 2.24) is 10.3 Å². The van der Waals surface area contributed by atoms with E-state index in [9.17, 15) is 0 Å². The van der Waals surface area contributed by atoms with Crippen molar-refractivity contribution in [3.8, 4) is 5.75 Å². The second kappa shape index (κ2) is 9.98. The molecule has 0 radical (unpaired) electrons. The topological polar surface area (TPSA) is 112 Å². The lowest BCUT2D eigenvalue weighted by atomic mass is 10.1. The van der Waals surface area contributed by atoms with Crippen LogP contribution in [0.1, 0.15) is 11.1 Å². The number of carboxylic acid groups (broad SMARTS) is 2. The van der Waals surface area contributed by atoms with Gasteiger partial charge in [0.1, 0.15) is 5.75 Å². The number of benzene rings is 2. The maximum absolute atomic E-state index is 9.10. The molecule has 142 valence electrons. The number of methoxy groups -OCH3 is 1. The first-order valence-electron chi connectivity index (χ1n) is 8.36. The van der Waals surface area contributed by atoms with Crippen LogP contribution in [0.2, 0.25) is 0 Å². The minimum absolute atomic E-state index is 0.861. The second-order valence-corrected chi connectivity index (χ2v) is 5.75. The molecule has 0 bridgehead atoms. The molecule has 7 heteroatoms. The normalized spacial score (nSPS) is 10.1. The molecule has 0 atom stereocenters. The number of aromatic amines is 1. The number of para-hydroxylation sites is 1. The number of aromatic nitrogens is 1. The van der Waals surface area contributed by atoms with Crippen molar-refractivity contribution in [2.75, 3.05) is 13.7 Å². The summed E-state index contributed by atoms with van der Waals surface area (Å²) in [6, 6.07) is 16.6. The number of fused-ring (bicyclic) bond motifs is 1. The fraction of sp³-hybridized carbons (Fsp3) is 0.200. The molecule has 2 aromatic carbocycles. The van der Waals surface area contributed by atoms with Crippen molar-refractivity contribution >= 4 is 22.8 Å². The predicted molar refractivity (Wildman–Crippen MR) is 102 cm³/mol. The molecule has 0 fully saturated rings. The van der Waals surface area contributed by atoms with Gasteiger partial charge in [-0.25, -0.2) is 9.59 Å². The fourth-order valence-corrected chi connectivity index (χ4v) is 2.58. The first kappa shape index (κ1) is 20.0. The SMILES string of the molecule is COc1cccc(CNCCc2c[nH]c3ccccc23)c1.O=C(O)C(=O)O. The maximum Gasteiger partial charge on any atom is 0.414 e. The highest BCUT2D eigenvalue weighted by Gasteiger charge is 2.04. The van der Waals surface area contributed by atoms with E-state index in [1.165, 1.54) is 22.0 Å². The first-order valence-corrected chi connectivity index (χ1v) is 8.36. The summed E-state index contributed by atoms with van der Waals surface area (Å²) in [4.78, 5) is 21.5. The van der Waals surface area contributed by atoms with E-state index in [1.54, 1.807) is 7.11 Å². The molecule has 0 unspecified atom stereocenters. The number of hydrogen-bond acceptors (Lipinski definition) is 4. The Morgan fingerprint density at radius 3 is 2.52 bits per heavy atom. The van der Waals surface area contributed by atoms with Crippen LogP contribution in [0.5, 0.6) is 5.75 Å². The Labute approximate surface area is 156 Å². The molecule has 0 saturated heterocycles. The maximum atomic E-state index is 9.10. The number of carboxylic acids is 2. The smallest absolute Gasteiger partial charge is 0.414 e. The summed E-state index contributed by atoms with van der Waals surface area (Å²) in [5.74, 6) is -2.74. The monoisotopic (exact) mass is 370 g/mol. The Balaban J connectivity index is 0.000000380. The van der Waals surface area contributed by atoms with E-state index in [2.05, 4.69) is 52.9 Å². The van der Waals surface area contributed by atoms with E-state index in [-0.39, 0.29) is 0 Å². The van der Waals surface area contributed by atoms with Crippen LogP contribution in [0.4, 0.5) is 0 Å². The zero-order valence-corrected chi connectivity index (χ0v) is 14.9. The van der Waals surface area contributed by atoms with E-state index in [4.69, 9.17) is 24.5 Å². The number of rotatable bonds is 6. The van der Waals surface area contributed by atoms with Gasteiger partial charge < -0.3 is 25.3 Å². The van der Waals surface area contributed by atoms with E-state index in [0.717, 1.165) is 25.3 Å². The zero-order valence-electron chi connectivity index (χ0n) is 14.9. The lowest BCUT2D eigenvalue weighted by Crippen LogP contribution is -2.16. The summed E-state index contributed by atoms with van der Waals surface area (Å²) in [5.41, 5.74) is 3.82. The van der Waals surface area contributed by atoms with Crippen LogP contribution in [-0.2, 0) is 22.6 Å². The molecule has 1 aromatic heterocycles. The Morgan fingerprint density at radius 2 is 1.81 bits per heavy atom. The van der Waals surface area contributed by atoms with Gasteiger partial charge in [-0.15, -0.1) is 0 Å². The van der Waals surface area contributed by atoms with Crippen molar-refractivity contribution in [2.24, 2.45) is 0 Å². The highest BCUT2D eigenvalue weighted by molar-refractivity contribution is 6.27. The average Bonchev–Trinajstić information content (AvgIpc) is 3.09. The molecule has 0 amide bonds. The van der Waals surface area contributed by atoms with Gasteiger partial charge >= 0.3 is 11.9 Å². The van der Waals surface area contributed by atoms with Crippen LogP contribution in [-0.4, -0.2) is 40.8 Å². The predicted octanol–water partition coefficient (Wildman–Crippen LogP) is 2.66. The molecule has 1 heterocycles. The van der Waals surface area contributed by atoms with Gasteiger partial charge in [0.25, 0.3) is 0 Å². The summed E-state index contributed by atoms with van der Waals surface area (Å²) in [7, 11) is 1.70. The number of carbonyl (C=O) groups is 2. The molecular formula is C20H22N2O5. The minimum Gasteiger partial charge on any atom is -0.497 e. The van der Waals surface area contributed by atoms with Crippen molar-refractivity contribution < 1.29 is 24.5 Å². The van der Waals surface area contributed by atoms with Crippen molar-refractivity contribution in [2.45, 2.75) is 13.0 Å². The molecule has 27 heavy (non-hydrogen) atoms. The quantitative estimate of drug-likeness (QED) is 0.392. The van der Waals surface area contributed by atoms with Crippen LogP contribution in [0.15, 0.2) is 54.7 Å². The molecule has 7 nitrogen and oxygen atoms in total. The van der Waals surface area contributed by atoms with Gasteiger partial charge in [0.15, 0.2) is 0 Å². The lowest BCUT2D eigenvalue weighted by Gasteiger charge is -2.06. The Bertz CT molecular complexity index is 892. The van der Waals surface area contributed by atoms with E-state index < -0.39 is 11.9 Å². The molecule has 0 aliphatic rings. The van der Waals surface area contributed by atoms with Crippen molar-refractivity contribution in [3.63, 3.8) is 0 Å². The minimum atomic E-state index is -1.82. The standard InChI is InChI=1S/C18H20N2O.C2H2O4/c1-21-16-6-4-5-14(11-16)12-19-10-9-15-13-20-18-8-3-2-7-17(15)18;3-1(4)2(5)6/h2-8,11,13,19-20H,9-10,12H2,1H3;(H,3,4)(H,5,6). The molecule has 0 aliphatic heterocycles. The van der Waals surface area contributed by atoms with Crippen LogP contribution < -0.4 is 10.1 Å². The molecule has 0 saturated carbocycles. The van der Waals surface area contributed by atoms with Gasteiger partial charge in [0.05, 0.1) is 7.11 Å². The largest absolute Gasteiger partial charge is 0.497 e. The molecular weight excluding hydrogens is 348 g/mol. The lowest BCUT2D eigenvalue weighted by molar-refractivity contribution is -0.159. The summed E-state index contributed by atoms with van der Waals surface area (Å²) in [6.07, 6.45) is 3.13. The molecule has 0 spiro atoms. The third-order valence-electron chi connectivity index (χ3n) is 3.89. The second-order valence-electron chi connectivity index (χ2n) is 5.75. The highest BCUT2D eigenvalue weighted by atomic mass is 16.5. The average molecular weight is 370 g/mol. The van der Waals surface area contributed by atoms with Crippen LogP contribution >= 0.6 is 0 Å². The highest BCUT2D eigenvalue weighted by Crippen LogP contribution is 2.17. The summed E-state index contributed by atoms with van der Waals surface area (Å²) < 4.78 is 5.24. The van der Waals surface area contributed by atoms with Gasteiger partial charge in [-0.3, -0.25) is 0 Å². The Kier molecular flexibility index (Phi) is 7.39. The Morgan fingerprint density at radius 1 is 1.07 bits per heavy atom. The summed E-state index contributed by atoms with van der Waals surface area (Å²) >= 11 is 0. The van der Waals surface area contributed by atoms with Gasteiger partial charge in [0.2, 0.25) is 0 Å². The van der Waals surface area contributed by atoms with E-state index in [1.807, 2.05) is 12.1 Å². The van der Waals surface area contributed by atoms with Gasteiger partial charge in [-0.1, -0.05) is 30.3 Å². The molecule has 3 rings (SSSR count).